The van der Waals surface area contributed by atoms with Crippen LogP contribution in [0.3, 0.4) is 0 Å². The Balaban J connectivity index is 1.34. The molecule has 0 saturated carbocycles. The van der Waals surface area contributed by atoms with Crippen molar-refractivity contribution in [1.82, 2.24) is 14.7 Å². The van der Waals surface area contributed by atoms with E-state index in [0.717, 1.165) is 17.9 Å². The minimum absolute atomic E-state index is 0.166. The molecule has 1 aliphatic heterocycles. The zero-order chi connectivity index (χ0) is 23.8. The molecule has 0 amide bonds. The van der Waals surface area contributed by atoms with Crippen molar-refractivity contribution in [2.45, 2.75) is 25.6 Å². The SMILES string of the molecule is COc1cc(CN2CCOC[C@](O)(COc3ccc(C)cc3)C2)ccc1OCCn1cccn1. The molecule has 0 bridgehead atoms. The number of methoxy groups -OCH3 is 1. The van der Waals surface area contributed by atoms with Crippen LogP contribution in [0.15, 0.2) is 60.9 Å². The summed E-state index contributed by atoms with van der Waals surface area (Å²) in [5.41, 5.74) is 1.14. The molecule has 0 radical (unpaired) electrons. The lowest BCUT2D eigenvalue weighted by molar-refractivity contribution is -0.0646. The van der Waals surface area contributed by atoms with Crippen molar-refractivity contribution >= 4 is 0 Å². The van der Waals surface area contributed by atoms with Gasteiger partial charge in [0.15, 0.2) is 11.5 Å². The van der Waals surface area contributed by atoms with Crippen LogP contribution in [0.1, 0.15) is 11.1 Å². The van der Waals surface area contributed by atoms with Gasteiger partial charge in [0.05, 0.1) is 26.9 Å². The first-order valence-corrected chi connectivity index (χ1v) is 11.5. The molecule has 4 rings (SSSR count). The van der Waals surface area contributed by atoms with Crippen molar-refractivity contribution in [2.75, 3.05) is 46.6 Å². The summed E-state index contributed by atoms with van der Waals surface area (Å²) in [5, 5.41) is 15.4. The molecule has 1 atom stereocenters. The van der Waals surface area contributed by atoms with Gasteiger partial charge in [-0.3, -0.25) is 9.58 Å². The molecule has 0 unspecified atom stereocenters. The number of nitrogens with zero attached hydrogens (tertiary/aromatic N) is 3. The van der Waals surface area contributed by atoms with Gasteiger partial charge in [-0.2, -0.15) is 5.10 Å². The largest absolute Gasteiger partial charge is 0.493 e. The minimum Gasteiger partial charge on any atom is -0.493 e. The van der Waals surface area contributed by atoms with E-state index in [4.69, 9.17) is 18.9 Å². The lowest BCUT2D eigenvalue weighted by Gasteiger charge is -2.30. The molecule has 1 aliphatic rings. The number of β-amino-alcohol motifs (C(OH)–C–C–N with tert-alkyl or cyclic N) is 1. The molecule has 1 N–H and O–H groups in total. The van der Waals surface area contributed by atoms with E-state index in [1.807, 2.05) is 66.3 Å². The van der Waals surface area contributed by atoms with Crippen molar-refractivity contribution < 1.29 is 24.1 Å². The lowest BCUT2D eigenvalue weighted by Crippen LogP contribution is -2.48. The second kappa shape index (κ2) is 11.4. The highest BCUT2D eigenvalue weighted by molar-refractivity contribution is 5.43. The maximum atomic E-state index is 11.2. The normalized spacial score (nSPS) is 18.9. The highest BCUT2D eigenvalue weighted by Crippen LogP contribution is 2.29. The van der Waals surface area contributed by atoms with E-state index in [9.17, 15) is 5.11 Å². The summed E-state index contributed by atoms with van der Waals surface area (Å²) >= 11 is 0. The summed E-state index contributed by atoms with van der Waals surface area (Å²) < 4.78 is 24.9. The van der Waals surface area contributed by atoms with Crippen molar-refractivity contribution in [2.24, 2.45) is 0 Å². The molecule has 182 valence electrons. The van der Waals surface area contributed by atoms with Gasteiger partial charge in [0.2, 0.25) is 0 Å². The van der Waals surface area contributed by atoms with Gasteiger partial charge in [0.1, 0.15) is 24.6 Å². The second-order valence-corrected chi connectivity index (χ2v) is 8.69. The van der Waals surface area contributed by atoms with E-state index in [1.165, 1.54) is 5.56 Å². The van der Waals surface area contributed by atoms with Crippen molar-refractivity contribution in [3.8, 4) is 17.2 Å². The van der Waals surface area contributed by atoms with Crippen LogP contribution in [-0.4, -0.2) is 72.0 Å². The lowest BCUT2D eigenvalue weighted by atomic mass is 10.1. The summed E-state index contributed by atoms with van der Waals surface area (Å²) in [7, 11) is 1.64. The molecule has 1 fully saturated rings. The smallest absolute Gasteiger partial charge is 0.161 e. The van der Waals surface area contributed by atoms with Crippen molar-refractivity contribution in [3.05, 3.63) is 72.1 Å². The molecule has 1 aromatic heterocycles. The van der Waals surface area contributed by atoms with Crippen LogP contribution in [-0.2, 0) is 17.8 Å². The van der Waals surface area contributed by atoms with Crippen LogP contribution in [0.2, 0.25) is 0 Å². The zero-order valence-electron chi connectivity index (χ0n) is 19.9. The maximum absolute atomic E-state index is 11.2. The third kappa shape index (κ3) is 6.72. The number of rotatable bonds is 10. The van der Waals surface area contributed by atoms with E-state index in [0.29, 0.717) is 44.3 Å². The first-order valence-electron chi connectivity index (χ1n) is 11.5. The molecular formula is C26H33N3O5. The van der Waals surface area contributed by atoms with Crippen LogP contribution in [0.25, 0.3) is 0 Å². The Morgan fingerprint density at radius 1 is 1.12 bits per heavy atom. The zero-order valence-corrected chi connectivity index (χ0v) is 19.9. The molecule has 2 aromatic carbocycles. The van der Waals surface area contributed by atoms with E-state index >= 15 is 0 Å². The van der Waals surface area contributed by atoms with Crippen molar-refractivity contribution in [3.63, 3.8) is 0 Å². The number of aliphatic hydroxyl groups is 1. The first kappa shape index (κ1) is 24.1. The summed E-state index contributed by atoms with van der Waals surface area (Å²) in [6, 6.07) is 15.6. The van der Waals surface area contributed by atoms with Crippen LogP contribution in [0.5, 0.6) is 17.2 Å². The van der Waals surface area contributed by atoms with Crippen LogP contribution < -0.4 is 14.2 Å². The Hall–Kier alpha value is -3.07. The molecule has 0 spiro atoms. The second-order valence-electron chi connectivity index (χ2n) is 8.69. The van der Waals surface area contributed by atoms with E-state index < -0.39 is 5.60 Å². The van der Waals surface area contributed by atoms with Gasteiger partial charge >= 0.3 is 0 Å². The summed E-state index contributed by atoms with van der Waals surface area (Å²) in [5.74, 6) is 2.12. The number of ether oxygens (including phenoxy) is 4. The molecule has 1 saturated heterocycles. The standard InChI is InChI=1S/C26H33N3O5/c1-21-4-7-23(8-5-21)34-20-26(30)18-28(12-14-32-19-26)17-22-6-9-24(25(16-22)31-2)33-15-13-29-11-3-10-27-29/h3-11,16,30H,12-15,17-20H2,1-2H3/t26-/m0/s1. The van der Waals surface area contributed by atoms with E-state index in [-0.39, 0.29) is 13.2 Å². The molecule has 34 heavy (non-hydrogen) atoms. The number of aryl methyl sites for hydroxylation is 1. The van der Waals surface area contributed by atoms with Crippen LogP contribution in [0.4, 0.5) is 0 Å². The predicted molar refractivity (Wildman–Crippen MR) is 128 cm³/mol. The van der Waals surface area contributed by atoms with Gasteiger partial charge in [0.25, 0.3) is 0 Å². The molecule has 2 heterocycles. The van der Waals surface area contributed by atoms with Crippen LogP contribution >= 0.6 is 0 Å². The summed E-state index contributed by atoms with van der Waals surface area (Å²) in [4.78, 5) is 2.18. The monoisotopic (exact) mass is 467 g/mol. The average molecular weight is 468 g/mol. The quantitative estimate of drug-likeness (QED) is 0.491. The highest BCUT2D eigenvalue weighted by atomic mass is 16.5. The first-order chi connectivity index (χ1) is 16.5. The third-order valence-corrected chi connectivity index (χ3v) is 5.74. The van der Waals surface area contributed by atoms with Crippen LogP contribution in [0, 0.1) is 6.92 Å². The average Bonchev–Trinajstić information content (AvgIpc) is 3.29. The number of benzene rings is 2. The minimum atomic E-state index is -1.10. The van der Waals surface area contributed by atoms with E-state index in [2.05, 4.69) is 10.00 Å². The topological polar surface area (TPSA) is 78.2 Å². The van der Waals surface area contributed by atoms with Gasteiger partial charge in [-0.25, -0.2) is 0 Å². The Morgan fingerprint density at radius 2 is 1.97 bits per heavy atom. The summed E-state index contributed by atoms with van der Waals surface area (Å²) in [6.45, 7) is 5.97. The molecule has 0 aliphatic carbocycles. The Labute approximate surface area is 200 Å². The highest BCUT2D eigenvalue weighted by Gasteiger charge is 2.33. The Bertz CT molecular complexity index is 1030. The number of hydrogen-bond donors (Lipinski definition) is 1. The number of hydrogen-bond acceptors (Lipinski definition) is 7. The maximum Gasteiger partial charge on any atom is 0.161 e. The van der Waals surface area contributed by atoms with Crippen molar-refractivity contribution in [1.29, 1.82) is 0 Å². The van der Waals surface area contributed by atoms with Gasteiger partial charge in [-0.15, -0.1) is 0 Å². The molecule has 8 heteroatoms. The fourth-order valence-electron chi connectivity index (χ4n) is 3.94. The number of aromatic nitrogens is 2. The summed E-state index contributed by atoms with van der Waals surface area (Å²) in [6.07, 6.45) is 3.65. The third-order valence-electron chi connectivity index (χ3n) is 5.74. The fourth-order valence-corrected chi connectivity index (χ4v) is 3.94. The predicted octanol–water partition coefficient (Wildman–Crippen LogP) is 2.92. The van der Waals surface area contributed by atoms with Gasteiger partial charge in [0, 0.05) is 32.0 Å². The van der Waals surface area contributed by atoms with Gasteiger partial charge in [-0.1, -0.05) is 23.8 Å². The van der Waals surface area contributed by atoms with E-state index in [1.54, 1.807) is 13.3 Å². The molecule has 8 nitrogen and oxygen atoms in total. The molecular weight excluding hydrogens is 434 g/mol. The van der Waals surface area contributed by atoms with Gasteiger partial charge in [-0.05, 0) is 42.8 Å². The molecule has 3 aromatic rings. The Morgan fingerprint density at radius 3 is 2.74 bits per heavy atom. The van der Waals surface area contributed by atoms with Gasteiger partial charge < -0.3 is 24.1 Å². The fraction of sp³-hybridized carbons (Fsp3) is 0.423. The Kier molecular flexibility index (Phi) is 8.05.